The summed E-state index contributed by atoms with van der Waals surface area (Å²) < 4.78 is 19.8. The van der Waals surface area contributed by atoms with Crippen LogP contribution >= 0.6 is 11.3 Å². The van der Waals surface area contributed by atoms with Crippen molar-refractivity contribution in [3.63, 3.8) is 0 Å². The molecule has 4 rings (SSSR count). The second-order valence-electron chi connectivity index (χ2n) is 5.28. The molecule has 0 aliphatic carbocycles. The van der Waals surface area contributed by atoms with Crippen molar-refractivity contribution < 1.29 is 14.1 Å². The summed E-state index contributed by atoms with van der Waals surface area (Å²) in [5.41, 5.74) is 7.22. The van der Waals surface area contributed by atoms with Gasteiger partial charge >= 0.3 is 0 Å². The van der Waals surface area contributed by atoms with Gasteiger partial charge in [0.1, 0.15) is 11.4 Å². The Hall–Kier alpha value is -3.53. The lowest BCUT2D eigenvalue weighted by Gasteiger charge is -2.08. The van der Waals surface area contributed by atoms with Gasteiger partial charge in [0, 0.05) is 29.4 Å². The molecule has 0 amide bonds. The minimum absolute atomic E-state index is 0.131. The number of thiazole rings is 1. The van der Waals surface area contributed by atoms with Gasteiger partial charge in [-0.1, -0.05) is 0 Å². The predicted molar refractivity (Wildman–Crippen MR) is 94.7 cm³/mol. The number of benzene rings is 1. The van der Waals surface area contributed by atoms with Crippen LogP contribution < -0.4 is 10.5 Å². The fraction of sp³-hybridized carbons (Fsp3) is 0. The first kappa shape index (κ1) is 16.0. The summed E-state index contributed by atoms with van der Waals surface area (Å²) in [5, 5.41) is 13.6. The van der Waals surface area contributed by atoms with Gasteiger partial charge in [-0.25, -0.2) is 14.4 Å². The van der Waals surface area contributed by atoms with E-state index in [2.05, 4.69) is 15.0 Å². The van der Waals surface area contributed by atoms with Crippen molar-refractivity contribution in [2.24, 2.45) is 0 Å². The summed E-state index contributed by atoms with van der Waals surface area (Å²) in [7, 11) is 0. The second kappa shape index (κ2) is 6.08. The largest absolute Gasteiger partial charge is 0.453 e. The van der Waals surface area contributed by atoms with Crippen molar-refractivity contribution in [1.29, 1.82) is 0 Å². The lowest BCUT2D eigenvalue weighted by molar-refractivity contribution is -0.385. The lowest BCUT2D eigenvalue weighted by Crippen LogP contribution is -1.93. The third-order valence-electron chi connectivity index (χ3n) is 3.68. The number of hydrogen-bond acceptors (Lipinski definition) is 7. The van der Waals surface area contributed by atoms with Gasteiger partial charge in [-0.05, 0) is 12.1 Å². The maximum absolute atomic E-state index is 14.2. The van der Waals surface area contributed by atoms with Gasteiger partial charge in [-0.2, -0.15) is 0 Å². The van der Waals surface area contributed by atoms with E-state index in [1.165, 1.54) is 29.7 Å². The molecule has 0 unspecified atom stereocenters. The van der Waals surface area contributed by atoms with Crippen LogP contribution in [0.15, 0.2) is 42.0 Å². The molecule has 0 atom stereocenters. The number of aromatic nitrogens is 3. The number of H-pyrrole nitrogens is 1. The van der Waals surface area contributed by atoms with E-state index in [0.29, 0.717) is 33.2 Å². The highest BCUT2D eigenvalue weighted by Gasteiger charge is 2.17. The normalized spacial score (nSPS) is 11.0. The third-order valence-corrected chi connectivity index (χ3v) is 4.35. The minimum atomic E-state index is -0.834. The zero-order valence-corrected chi connectivity index (χ0v) is 13.8. The number of aromatic amines is 1. The molecule has 4 aromatic rings. The third kappa shape index (κ3) is 2.71. The molecule has 10 heteroatoms. The molecule has 0 saturated heterocycles. The topological polar surface area (TPSA) is 120 Å². The van der Waals surface area contributed by atoms with Crippen LogP contribution in [0.25, 0.3) is 22.3 Å². The molecule has 0 saturated carbocycles. The Morgan fingerprint density at radius 3 is 2.85 bits per heavy atom. The number of nitro groups is 1. The number of nitro benzene ring substituents is 1. The fourth-order valence-electron chi connectivity index (χ4n) is 2.53. The summed E-state index contributed by atoms with van der Waals surface area (Å²) in [5.74, 6) is -0.627. The summed E-state index contributed by atoms with van der Waals surface area (Å²) in [4.78, 5) is 21.5. The molecule has 130 valence electrons. The van der Waals surface area contributed by atoms with Crippen LogP contribution in [0.1, 0.15) is 0 Å². The first-order chi connectivity index (χ1) is 12.5. The molecule has 3 heterocycles. The van der Waals surface area contributed by atoms with E-state index in [1.807, 2.05) is 0 Å². The standard InChI is InChI=1S/C16H10FN5O3S/c17-10-5-8(22(23)24)1-2-12(10)25-13-3-4-19-15-14(13)9(6-20-15)11-7-26-16(18)21-11/h1-7H,(H2,18,21)(H,19,20). The first-order valence-electron chi connectivity index (χ1n) is 7.32. The van der Waals surface area contributed by atoms with Crippen LogP contribution in [-0.4, -0.2) is 19.9 Å². The highest BCUT2D eigenvalue weighted by molar-refractivity contribution is 7.13. The smallest absolute Gasteiger partial charge is 0.272 e. The van der Waals surface area contributed by atoms with E-state index in [4.69, 9.17) is 10.5 Å². The van der Waals surface area contributed by atoms with Gasteiger partial charge in [0.25, 0.3) is 5.69 Å². The molecule has 0 radical (unpaired) electrons. The second-order valence-corrected chi connectivity index (χ2v) is 6.17. The zero-order valence-electron chi connectivity index (χ0n) is 13.0. The maximum atomic E-state index is 14.2. The number of nitrogen functional groups attached to an aromatic ring is 1. The van der Waals surface area contributed by atoms with Crippen molar-refractivity contribution in [3.05, 3.63) is 58.0 Å². The highest BCUT2D eigenvalue weighted by atomic mass is 32.1. The van der Waals surface area contributed by atoms with Crippen LogP contribution in [0.5, 0.6) is 11.5 Å². The average Bonchev–Trinajstić information content (AvgIpc) is 3.23. The average molecular weight is 371 g/mol. The van der Waals surface area contributed by atoms with E-state index in [-0.39, 0.29) is 11.4 Å². The number of anilines is 1. The van der Waals surface area contributed by atoms with Crippen molar-refractivity contribution in [2.45, 2.75) is 0 Å². The molecule has 3 N–H and O–H groups in total. The Morgan fingerprint density at radius 2 is 2.15 bits per heavy atom. The Bertz CT molecular complexity index is 1140. The van der Waals surface area contributed by atoms with Crippen molar-refractivity contribution in [3.8, 4) is 22.8 Å². The monoisotopic (exact) mass is 371 g/mol. The Labute approximate surface area is 149 Å². The SMILES string of the molecule is Nc1nc(-c2c[nH]c3nccc(Oc4ccc([N+](=O)[O-])cc4F)c23)cs1. The number of ether oxygens (including phenoxy) is 1. The van der Waals surface area contributed by atoms with E-state index in [9.17, 15) is 14.5 Å². The van der Waals surface area contributed by atoms with E-state index in [1.54, 1.807) is 17.6 Å². The number of hydrogen-bond donors (Lipinski definition) is 2. The Kier molecular flexibility index (Phi) is 3.73. The van der Waals surface area contributed by atoms with Crippen molar-refractivity contribution >= 4 is 33.2 Å². The molecule has 1 aromatic carbocycles. The van der Waals surface area contributed by atoms with E-state index < -0.39 is 10.7 Å². The number of nitrogens with one attached hydrogen (secondary N) is 1. The fourth-order valence-corrected chi connectivity index (χ4v) is 3.09. The van der Waals surface area contributed by atoms with Crippen molar-refractivity contribution in [1.82, 2.24) is 15.0 Å². The van der Waals surface area contributed by atoms with Gasteiger partial charge in [-0.3, -0.25) is 10.1 Å². The van der Waals surface area contributed by atoms with Crippen LogP contribution in [0.4, 0.5) is 15.2 Å². The number of nitrogens with two attached hydrogens (primary N) is 1. The van der Waals surface area contributed by atoms with E-state index in [0.717, 1.165) is 6.07 Å². The van der Waals surface area contributed by atoms with Crippen LogP contribution in [0.2, 0.25) is 0 Å². The number of non-ortho nitro benzene ring substituents is 1. The molecular formula is C16H10FN5O3S. The van der Waals surface area contributed by atoms with Gasteiger partial charge in [-0.15, -0.1) is 11.3 Å². The van der Waals surface area contributed by atoms with Gasteiger partial charge in [0.2, 0.25) is 0 Å². The van der Waals surface area contributed by atoms with Crippen LogP contribution in [-0.2, 0) is 0 Å². The summed E-state index contributed by atoms with van der Waals surface area (Å²) in [6.07, 6.45) is 3.22. The van der Waals surface area contributed by atoms with Crippen molar-refractivity contribution in [2.75, 3.05) is 5.73 Å². The van der Waals surface area contributed by atoms with Crippen LogP contribution in [0, 0.1) is 15.9 Å². The van der Waals surface area contributed by atoms with Gasteiger partial charge in [0.15, 0.2) is 16.7 Å². The summed E-state index contributed by atoms with van der Waals surface area (Å²) in [6.45, 7) is 0. The molecular weight excluding hydrogens is 361 g/mol. The molecule has 0 aliphatic rings. The zero-order chi connectivity index (χ0) is 18.3. The highest BCUT2D eigenvalue weighted by Crippen LogP contribution is 2.38. The molecule has 0 bridgehead atoms. The predicted octanol–water partition coefficient (Wildman–Crippen LogP) is 4.11. The number of halogens is 1. The number of nitrogens with zero attached hydrogens (tertiary/aromatic N) is 3. The minimum Gasteiger partial charge on any atom is -0.453 e. The van der Waals surface area contributed by atoms with Crippen LogP contribution in [0.3, 0.4) is 0 Å². The quantitative estimate of drug-likeness (QED) is 0.411. The van der Waals surface area contributed by atoms with E-state index >= 15 is 0 Å². The first-order valence-corrected chi connectivity index (χ1v) is 8.20. The Morgan fingerprint density at radius 1 is 1.31 bits per heavy atom. The molecule has 8 nitrogen and oxygen atoms in total. The lowest BCUT2D eigenvalue weighted by atomic mass is 10.1. The maximum Gasteiger partial charge on any atom is 0.272 e. The summed E-state index contributed by atoms with van der Waals surface area (Å²) >= 11 is 1.30. The molecule has 0 aliphatic heterocycles. The molecule has 0 fully saturated rings. The number of rotatable bonds is 4. The Balaban J connectivity index is 1.80. The molecule has 3 aromatic heterocycles. The number of pyridine rings is 1. The summed E-state index contributed by atoms with van der Waals surface area (Å²) in [6, 6.07) is 4.78. The van der Waals surface area contributed by atoms with Gasteiger partial charge < -0.3 is 15.5 Å². The van der Waals surface area contributed by atoms with Gasteiger partial charge in [0.05, 0.1) is 22.1 Å². The molecule has 26 heavy (non-hydrogen) atoms. The number of fused-ring (bicyclic) bond motifs is 1. The molecule has 0 spiro atoms.